The first-order chi connectivity index (χ1) is 14.9. The van der Waals surface area contributed by atoms with Gasteiger partial charge in [-0.25, -0.2) is 0 Å². The third-order valence-corrected chi connectivity index (χ3v) is 6.26. The summed E-state index contributed by atoms with van der Waals surface area (Å²) < 4.78 is 28.9. The fourth-order valence-electron chi connectivity index (χ4n) is 3.07. The lowest BCUT2D eigenvalue weighted by molar-refractivity contribution is 0.0982. The number of benzene rings is 2. The van der Waals surface area contributed by atoms with Crippen LogP contribution < -0.4 is 10.6 Å². The van der Waals surface area contributed by atoms with E-state index < -0.39 is 21.6 Å². The summed E-state index contributed by atoms with van der Waals surface area (Å²) in [5.74, 6) is -0.659. The molecule has 0 aromatic heterocycles. The second kappa shape index (κ2) is 8.33. The van der Waals surface area contributed by atoms with Crippen molar-refractivity contribution in [1.82, 2.24) is 5.32 Å². The van der Waals surface area contributed by atoms with Gasteiger partial charge in [-0.15, -0.1) is 4.40 Å². The Morgan fingerprint density at radius 1 is 0.935 bits per heavy atom. The average molecular weight is 454 g/mol. The van der Waals surface area contributed by atoms with Crippen molar-refractivity contribution in [3.05, 3.63) is 94.8 Å². The van der Waals surface area contributed by atoms with Crippen molar-refractivity contribution in [2.45, 2.75) is 11.3 Å². The number of rotatable bonds is 4. The van der Waals surface area contributed by atoms with Gasteiger partial charge in [0.05, 0.1) is 4.90 Å². The Morgan fingerprint density at radius 2 is 1.61 bits per heavy atom. The van der Waals surface area contributed by atoms with Crippen LogP contribution in [0, 0.1) is 0 Å². The number of fused-ring (bicyclic) bond motifs is 1. The quantitative estimate of drug-likeness (QED) is 0.730. The Balaban J connectivity index is 1.59. The fourth-order valence-corrected chi connectivity index (χ4v) is 4.26. The largest absolute Gasteiger partial charge is 0.351 e. The molecule has 156 valence electrons. The molecule has 4 rings (SSSR count). The number of halogens is 1. The number of carbonyl (C=O) groups is 2. The zero-order valence-electron chi connectivity index (χ0n) is 16.0. The van der Waals surface area contributed by atoms with Gasteiger partial charge < -0.3 is 10.6 Å². The third-order valence-electron chi connectivity index (χ3n) is 4.60. The lowest BCUT2D eigenvalue weighted by atomic mass is 9.92. The van der Waals surface area contributed by atoms with Crippen molar-refractivity contribution in [3.63, 3.8) is 0 Å². The molecule has 0 fully saturated rings. The molecule has 2 aromatic rings. The number of allylic oxidation sites excluding steroid dienone is 4. The summed E-state index contributed by atoms with van der Waals surface area (Å²) in [5.41, 5.74) is 0.851. The van der Waals surface area contributed by atoms with Crippen LogP contribution in [0.1, 0.15) is 27.1 Å². The minimum absolute atomic E-state index is 0.0227. The SMILES string of the molecule is O=C1C(Cl)=C(Nc2ccc(S(=O)(=O)/N=C3\C=CCC=CN3)cc2)C(=O)c2ccccc21. The van der Waals surface area contributed by atoms with E-state index in [-0.39, 0.29) is 32.6 Å². The lowest BCUT2D eigenvalue weighted by Gasteiger charge is -2.19. The maximum absolute atomic E-state index is 12.8. The van der Waals surface area contributed by atoms with E-state index in [4.69, 9.17) is 11.6 Å². The highest BCUT2D eigenvalue weighted by Gasteiger charge is 2.31. The molecule has 31 heavy (non-hydrogen) atoms. The number of anilines is 1. The summed E-state index contributed by atoms with van der Waals surface area (Å²) in [5, 5.41) is 5.41. The van der Waals surface area contributed by atoms with Crippen molar-refractivity contribution < 1.29 is 18.0 Å². The highest BCUT2D eigenvalue weighted by atomic mass is 35.5. The minimum Gasteiger partial charge on any atom is -0.351 e. The topological polar surface area (TPSA) is 105 Å². The third kappa shape index (κ3) is 4.21. The van der Waals surface area contributed by atoms with Crippen LogP contribution in [0.3, 0.4) is 0 Å². The molecule has 0 saturated heterocycles. The van der Waals surface area contributed by atoms with Crippen molar-refractivity contribution in [3.8, 4) is 0 Å². The molecule has 0 bridgehead atoms. The summed E-state index contributed by atoms with van der Waals surface area (Å²) in [6.07, 6.45) is 7.51. The Kier molecular flexibility index (Phi) is 5.58. The highest BCUT2D eigenvalue weighted by molar-refractivity contribution is 7.90. The Hall–Kier alpha value is -3.49. The summed E-state index contributed by atoms with van der Waals surface area (Å²) in [7, 11) is -3.94. The first kappa shape index (κ1) is 20.8. The van der Waals surface area contributed by atoms with Gasteiger partial charge in [0.15, 0.2) is 0 Å². The van der Waals surface area contributed by atoms with Crippen LogP contribution in [0.2, 0.25) is 0 Å². The Labute approximate surface area is 183 Å². The predicted octanol–water partition coefficient (Wildman–Crippen LogP) is 3.78. The van der Waals surface area contributed by atoms with E-state index in [9.17, 15) is 18.0 Å². The summed E-state index contributed by atoms with van der Waals surface area (Å²) in [4.78, 5) is 25.2. The molecule has 2 aromatic carbocycles. The summed E-state index contributed by atoms with van der Waals surface area (Å²) in [6.45, 7) is 0. The first-order valence-electron chi connectivity index (χ1n) is 9.25. The smallest absolute Gasteiger partial charge is 0.284 e. The van der Waals surface area contributed by atoms with E-state index in [1.54, 1.807) is 42.6 Å². The van der Waals surface area contributed by atoms with E-state index in [1.807, 2.05) is 6.08 Å². The molecule has 0 unspecified atom stereocenters. The summed E-state index contributed by atoms with van der Waals surface area (Å²) >= 11 is 6.15. The van der Waals surface area contributed by atoms with Gasteiger partial charge in [-0.05, 0) is 43.0 Å². The molecule has 1 aliphatic carbocycles. The van der Waals surface area contributed by atoms with Crippen LogP contribution >= 0.6 is 11.6 Å². The highest BCUT2D eigenvalue weighted by Crippen LogP contribution is 2.29. The van der Waals surface area contributed by atoms with Gasteiger partial charge >= 0.3 is 0 Å². The predicted molar refractivity (Wildman–Crippen MR) is 119 cm³/mol. The maximum Gasteiger partial charge on any atom is 0.284 e. The Bertz CT molecular complexity index is 1310. The molecular weight excluding hydrogens is 438 g/mol. The number of hydrogen-bond acceptors (Lipinski definition) is 5. The number of nitrogens with one attached hydrogen (secondary N) is 2. The van der Waals surface area contributed by atoms with E-state index in [0.29, 0.717) is 12.1 Å². The minimum atomic E-state index is -3.94. The maximum atomic E-state index is 12.8. The zero-order chi connectivity index (χ0) is 22.0. The van der Waals surface area contributed by atoms with E-state index >= 15 is 0 Å². The molecule has 9 heteroatoms. The number of nitrogens with zero attached hydrogens (tertiary/aromatic N) is 1. The number of sulfonamides is 1. The normalized spacial score (nSPS) is 17.4. The van der Waals surface area contributed by atoms with Gasteiger partial charge in [0.1, 0.15) is 16.6 Å². The van der Waals surface area contributed by atoms with Crippen molar-refractivity contribution >= 4 is 44.7 Å². The lowest BCUT2D eigenvalue weighted by Crippen LogP contribution is -2.24. The van der Waals surface area contributed by atoms with Crippen molar-refractivity contribution in [2.24, 2.45) is 4.40 Å². The summed E-state index contributed by atoms with van der Waals surface area (Å²) in [6, 6.07) is 12.1. The van der Waals surface area contributed by atoms with Crippen LogP contribution in [0.25, 0.3) is 0 Å². The van der Waals surface area contributed by atoms with E-state index in [1.165, 1.54) is 24.3 Å². The van der Waals surface area contributed by atoms with Gasteiger partial charge in [0, 0.05) is 16.8 Å². The van der Waals surface area contributed by atoms with Gasteiger partial charge in [-0.1, -0.05) is 48.0 Å². The molecule has 1 heterocycles. The average Bonchev–Trinajstić information content (AvgIpc) is 3.03. The molecule has 1 aliphatic heterocycles. The standard InChI is InChI=1S/C22H16ClN3O4S/c23-19-20(22(28)17-7-4-3-6-16(17)21(19)27)25-14-9-11-15(12-10-14)31(29,30)26-18-8-2-1-5-13-24-18/h2-13,25H,1H2,(H,24,26). The van der Waals surface area contributed by atoms with E-state index in [0.717, 1.165) is 0 Å². The molecule has 0 saturated carbocycles. The number of Topliss-reactive ketones (excluding diaryl/α,β-unsaturated/α-hetero) is 2. The fraction of sp³-hybridized carbons (Fsp3) is 0.0455. The van der Waals surface area contributed by atoms with Gasteiger partial charge in [0.25, 0.3) is 10.0 Å². The molecule has 0 atom stereocenters. The number of carbonyl (C=O) groups excluding carboxylic acids is 2. The second-order valence-corrected chi connectivity index (χ2v) is 8.66. The molecule has 0 amide bonds. The number of ketones is 2. The monoisotopic (exact) mass is 453 g/mol. The van der Waals surface area contributed by atoms with Crippen molar-refractivity contribution in [1.29, 1.82) is 0 Å². The van der Waals surface area contributed by atoms with E-state index in [2.05, 4.69) is 15.0 Å². The van der Waals surface area contributed by atoms with Crippen LogP contribution in [-0.4, -0.2) is 25.8 Å². The molecule has 7 nitrogen and oxygen atoms in total. The van der Waals surface area contributed by atoms with Crippen LogP contribution in [0.5, 0.6) is 0 Å². The van der Waals surface area contributed by atoms with Gasteiger partial charge in [-0.3, -0.25) is 9.59 Å². The van der Waals surface area contributed by atoms with Crippen LogP contribution in [-0.2, 0) is 10.0 Å². The van der Waals surface area contributed by atoms with Crippen LogP contribution in [0.15, 0.2) is 93.0 Å². The second-order valence-electron chi connectivity index (χ2n) is 6.68. The molecule has 2 aliphatic rings. The van der Waals surface area contributed by atoms with Gasteiger partial charge in [0.2, 0.25) is 11.6 Å². The van der Waals surface area contributed by atoms with Crippen LogP contribution in [0.4, 0.5) is 5.69 Å². The molecule has 0 spiro atoms. The molecule has 2 N–H and O–H groups in total. The number of amidine groups is 1. The molecular formula is C22H16ClN3O4S. The van der Waals surface area contributed by atoms with Crippen molar-refractivity contribution in [2.75, 3.05) is 5.32 Å². The Morgan fingerprint density at radius 3 is 2.32 bits per heavy atom. The van der Waals surface area contributed by atoms with Gasteiger partial charge in [-0.2, -0.15) is 8.42 Å². The zero-order valence-corrected chi connectivity index (χ0v) is 17.6. The number of hydrogen-bond donors (Lipinski definition) is 2. The first-order valence-corrected chi connectivity index (χ1v) is 11.1. The molecule has 0 radical (unpaired) electrons.